The van der Waals surface area contributed by atoms with E-state index < -0.39 is 0 Å². The Morgan fingerprint density at radius 3 is 2.53 bits per heavy atom. The molecule has 2 rings (SSSR count). The lowest BCUT2D eigenvalue weighted by Gasteiger charge is -2.47. The Hall–Kier alpha value is -0.0400. The van der Waals surface area contributed by atoms with E-state index >= 15 is 0 Å². The molecule has 0 radical (unpaired) electrons. The van der Waals surface area contributed by atoms with E-state index in [-0.39, 0.29) is 5.54 Å². The molecule has 2 N–H and O–H groups in total. The van der Waals surface area contributed by atoms with Crippen molar-refractivity contribution in [3.8, 4) is 0 Å². The van der Waals surface area contributed by atoms with Gasteiger partial charge in [-0.3, -0.25) is 0 Å². The molecule has 0 aromatic rings. The van der Waals surface area contributed by atoms with Gasteiger partial charge in [0.2, 0.25) is 0 Å². The van der Waals surface area contributed by atoms with Crippen molar-refractivity contribution < 1.29 is 0 Å². The zero-order valence-corrected chi connectivity index (χ0v) is 12.0. The van der Waals surface area contributed by atoms with E-state index in [1.165, 1.54) is 51.4 Å². The molecule has 0 amide bonds. The first-order chi connectivity index (χ1) is 8.05. The molecule has 1 nitrogen and oxygen atoms in total. The summed E-state index contributed by atoms with van der Waals surface area (Å²) < 4.78 is 0. The minimum absolute atomic E-state index is 0.188. The maximum absolute atomic E-state index is 6.81. The number of hydrogen-bond donors (Lipinski definition) is 1. The van der Waals surface area contributed by atoms with E-state index in [9.17, 15) is 0 Å². The summed E-state index contributed by atoms with van der Waals surface area (Å²) in [6.45, 7) is 7.18. The second kappa shape index (κ2) is 5.30. The quantitative estimate of drug-likeness (QED) is 0.759. The molecule has 5 unspecified atom stereocenters. The number of rotatable bonds is 2. The summed E-state index contributed by atoms with van der Waals surface area (Å²) in [5.74, 6) is 3.52. The van der Waals surface area contributed by atoms with Crippen molar-refractivity contribution in [3.63, 3.8) is 0 Å². The minimum Gasteiger partial charge on any atom is -0.325 e. The second-order valence-electron chi connectivity index (χ2n) is 7.07. The van der Waals surface area contributed by atoms with Gasteiger partial charge in [0, 0.05) is 5.54 Å². The van der Waals surface area contributed by atoms with Crippen LogP contribution in [0.15, 0.2) is 0 Å². The molecule has 0 heterocycles. The van der Waals surface area contributed by atoms with Gasteiger partial charge in [0.25, 0.3) is 0 Å². The molecule has 5 atom stereocenters. The van der Waals surface area contributed by atoms with Crippen molar-refractivity contribution in [2.24, 2.45) is 29.4 Å². The molecule has 2 aliphatic carbocycles. The summed E-state index contributed by atoms with van der Waals surface area (Å²) in [5, 5.41) is 0. The summed E-state index contributed by atoms with van der Waals surface area (Å²) in [5.41, 5.74) is 7.00. The van der Waals surface area contributed by atoms with E-state index in [0.29, 0.717) is 0 Å². The van der Waals surface area contributed by atoms with Crippen LogP contribution in [0.2, 0.25) is 0 Å². The normalized spacial score (nSPS) is 48.0. The predicted octanol–water partition coefficient (Wildman–Crippen LogP) is 4.36. The van der Waals surface area contributed by atoms with Gasteiger partial charge in [-0.15, -0.1) is 0 Å². The molecule has 0 aromatic carbocycles. The Morgan fingerprint density at radius 1 is 1.12 bits per heavy atom. The molecule has 2 fully saturated rings. The van der Waals surface area contributed by atoms with Crippen LogP contribution in [0.3, 0.4) is 0 Å². The van der Waals surface area contributed by atoms with Gasteiger partial charge >= 0.3 is 0 Å². The molecule has 100 valence electrons. The van der Waals surface area contributed by atoms with Gasteiger partial charge in [-0.2, -0.15) is 0 Å². The third-order valence-electron chi connectivity index (χ3n) is 5.91. The highest BCUT2D eigenvalue weighted by Crippen LogP contribution is 2.45. The highest BCUT2D eigenvalue weighted by molar-refractivity contribution is 4.98. The van der Waals surface area contributed by atoms with Crippen molar-refractivity contribution in [2.75, 3.05) is 0 Å². The fourth-order valence-corrected chi connectivity index (χ4v) is 4.25. The smallest absolute Gasteiger partial charge is 0.0185 e. The molecule has 0 spiro atoms. The van der Waals surface area contributed by atoms with Crippen LogP contribution in [-0.2, 0) is 0 Å². The van der Waals surface area contributed by atoms with E-state index in [0.717, 1.165) is 23.7 Å². The molecular weight excluding hydrogens is 206 g/mol. The van der Waals surface area contributed by atoms with Crippen LogP contribution in [0.1, 0.15) is 72.1 Å². The van der Waals surface area contributed by atoms with Gasteiger partial charge < -0.3 is 5.73 Å². The lowest BCUT2D eigenvalue weighted by molar-refractivity contribution is 0.0835. The average Bonchev–Trinajstić information content (AvgIpc) is 2.32. The van der Waals surface area contributed by atoms with E-state index in [4.69, 9.17) is 5.73 Å². The lowest BCUT2D eigenvalue weighted by atomic mass is 9.62. The summed E-state index contributed by atoms with van der Waals surface area (Å²) in [6.07, 6.45) is 10.9. The first-order valence-electron chi connectivity index (χ1n) is 7.84. The molecule has 17 heavy (non-hydrogen) atoms. The van der Waals surface area contributed by atoms with Crippen molar-refractivity contribution in [1.29, 1.82) is 0 Å². The standard InChI is InChI=1S/C16H31N/c1-4-14-6-5-9-16(17,11-14)15-8-7-12(2)13(3)10-15/h12-15H,4-11,17H2,1-3H3. The van der Waals surface area contributed by atoms with Crippen molar-refractivity contribution in [3.05, 3.63) is 0 Å². The minimum atomic E-state index is 0.188. The molecule has 0 bridgehead atoms. The van der Waals surface area contributed by atoms with Gasteiger partial charge in [-0.1, -0.05) is 46.5 Å². The molecule has 0 aliphatic heterocycles. The third kappa shape index (κ3) is 2.86. The Kier molecular flexibility index (Phi) is 4.18. The van der Waals surface area contributed by atoms with Crippen LogP contribution in [0, 0.1) is 23.7 Å². The van der Waals surface area contributed by atoms with Crippen LogP contribution < -0.4 is 5.73 Å². The molecule has 0 saturated heterocycles. The Bertz CT molecular complexity index is 250. The van der Waals surface area contributed by atoms with E-state index in [2.05, 4.69) is 20.8 Å². The largest absolute Gasteiger partial charge is 0.325 e. The Balaban J connectivity index is 2.00. The zero-order valence-electron chi connectivity index (χ0n) is 12.0. The summed E-state index contributed by atoms with van der Waals surface area (Å²) >= 11 is 0. The summed E-state index contributed by atoms with van der Waals surface area (Å²) in [7, 11) is 0. The van der Waals surface area contributed by atoms with Gasteiger partial charge in [0.05, 0.1) is 0 Å². The van der Waals surface area contributed by atoms with Gasteiger partial charge in [-0.05, 0) is 49.4 Å². The number of nitrogens with two attached hydrogens (primary N) is 1. The van der Waals surface area contributed by atoms with Crippen LogP contribution in [0.5, 0.6) is 0 Å². The zero-order chi connectivity index (χ0) is 12.5. The summed E-state index contributed by atoms with van der Waals surface area (Å²) in [6, 6.07) is 0. The Morgan fingerprint density at radius 2 is 1.88 bits per heavy atom. The first kappa shape index (κ1) is 13.4. The Labute approximate surface area is 108 Å². The SMILES string of the molecule is CCC1CCCC(N)(C2CCC(C)C(C)C2)C1. The highest BCUT2D eigenvalue weighted by Gasteiger charge is 2.41. The molecule has 0 aromatic heterocycles. The predicted molar refractivity (Wildman–Crippen MR) is 74.8 cm³/mol. The first-order valence-corrected chi connectivity index (χ1v) is 7.84. The fraction of sp³-hybridized carbons (Fsp3) is 1.00. The topological polar surface area (TPSA) is 26.0 Å². The molecule has 2 aliphatic rings. The van der Waals surface area contributed by atoms with Crippen LogP contribution >= 0.6 is 0 Å². The van der Waals surface area contributed by atoms with Gasteiger partial charge in [-0.25, -0.2) is 0 Å². The van der Waals surface area contributed by atoms with Crippen LogP contribution in [0.25, 0.3) is 0 Å². The van der Waals surface area contributed by atoms with E-state index in [1.54, 1.807) is 0 Å². The second-order valence-corrected chi connectivity index (χ2v) is 7.07. The maximum atomic E-state index is 6.81. The number of hydrogen-bond acceptors (Lipinski definition) is 1. The maximum Gasteiger partial charge on any atom is 0.0185 e. The average molecular weight is 237 g/mol. The molecular formula is C16H31N. The fourth-order valence-electron chi connectivity index (χ4n) is 4.25. The lowest BCUT2D eigenvalue weighted by Crippen LogP contribution is -2.52. The summed E-state index contributed by atoms with van der Waals surface area (Å²) in [4.78, 5) is 0. The monoisotopic (exact) mass is 237 g/mol. The van der Waals surface area contributed by atoms with Gasteiger partial charge in [0.15, 0.2) is 0 Å². The third-order valence-corrected chi connectivity index (χ3v) is 5.91. The van der Waals surface area contributed by atoms with E-state index in [1.807, 2.05) is 0 Å². The molecule has 2 saturated carbocycles. The van der Waals surface area contributed by atoms with Gasteiger partial charge in [0.1, 0.15) is 0 Å². The van der Waals surface area contributed by atoms with Crippen molar-refractivity contribution >= 4 is 0 Å². The van der Waals surface area contributed by atoms with Crippen molar-refractivity contribution in [1.82, 2.24) is 0 Å². The highest BCUT2D eigenvalue weighted by atomic mass is 14.8. The van der Waals surface area contributed by atoms with Crippen molar-refractivity contribution in [2.45, 2.75) is 77.7 Å². The molecule has 1 heteroatoms. The van der Waals surface area contributed by atoms with Crippen LogP contribution in [0.4, 0.5) is 0 Å². The van der Waals surface area contributed by atoms with Crippen LogP contribution in [-0.4, -0.2) is 5.54 Å².